The molecule has 0 aliphatic carbocycles. The maximum atomic E-state index is 12.6. The Morgan fingerprint density at radius 3 is 2.50 bits per heavy atom. The van der Waals surface area contributed by atoms with Crippen LogP contribution in [0.3, 0.4) is 0 Å². The second kappa shape index (κ2) is 11.4. The van der Waals surface area contributed by atoms with Crippen molar-refractivity contribution in [1.29, 1.82) is 0 Å². The number of amidine groups is 1. The summed E-state index contributed by atoms with van der Waals surface area (Å²) in [5.74, 6) is -0.385. The molecule has 0 unspecified atom stereocenters. The van der Waals surface area contributed by atoms with Crippen molar-refractivity contribution in [3.63, 3.8) is 0 Å². The molecule has 2 N–H and O–H groups in total. The first kappa shape index (κ1) is 24.7. The average Bonchev–Trinajstić information content (AvgIpc) is 3.13. The number of carbonyl (C=O) groups is 2. The lowest BCUT2D eigenvalue weighted by molar-refractivity contribution is -0.136. The molecule has 0 atom stereocenters. The number of carboxylic acid groups (broad SMARTS) is 1. The van der Waals surface area contributed by atoms with Gasteiger partial charge in [-0.3, -0.25) is 9.59 Å². The molecular formula is C25H18I2N2O4S. The number of aliphatic carboxylic acids is 1. The molecule has 0 radical (unpaired) electrons. The molecule has 1 saturated heterocycles. The van der Waals surface area contributed by atoms with Crippen molar-refractivity contribution in [1.82, 2.24) is 5.32 Å². The van der Waals surface area contributed by atoms with Crippen LogP contribution in [0.25, 0.3) is 6.08 Å². The SMILES string of the molecule is O=C(O)Cc1ccc(N=C2NC(=O)C(=Cc3cc(I)cc(I)c3OCc3ccccc3)S2)cc1. The molecule has 0 aromatic heterocycles. The summed E-state index contributed by atoms with van der Waals surface area (Å²) in [6.45, 7) is 0.428. The number of rotatable bonds is 7. The number of nitrogens with zero attached hydrogens (tertiary/aromatic N) is 1. The first-order valence-corrected chi connectivity index (χ1v) is 13.1. The highest BCUT2D eigenvalue weighted by Crippen LogP contribution is 2.34. The Morgan fingerprint density at radius 1 is 1.06 bits per heavy atom. The lowest BCUT2D eigenvalue weighted by Crippen LogP contribution is -2.19. The van der Waals surface area contributed by atoms with E-state index in [1.807, 2.05) is 48.5 Å². The number of hydrogen-bond acceptors (Lipinski definition) is 5. The highest BCUT2D eigenvalue weighted by atomic mass is 127. The summed E-state index contributed by atoms with van der Waals surface area (Å²) in [6.07, 6.45) is 1.78. The van der Waals surface area contributed by atoms with Gasteiger partial charge in [0.05, 0.1) is 20.6 Å². The zero-order valence-electron chi connectivity index (χ0n) is 17.6. The van der Waals surface area contributed by atoms with Gasteiger partial charge in [0, 0.05) is 9.13 Å². The third-order valence-electron chi connectivity index (χ3n) is 4.72. The maximum absolute atomic E-state index is 12.6. The summed E-state index contributed by atoms with van der Waals surface area (Å²) in [5.41, 5.74) is 3.21. The van der Waals surface area contributed by atoms with Gasteiger partial charge in [-0.05, 0) is 98.4 Å². The van der Waals surface area contributed by atoms with Crippen molar-refractivity contribution in [3.05, 3.63) is 95.5 Å². The number of carbonyl (C=O) groups excluding carboxylic acids is 1. The van der Waals surface area contributed by atoms with Crippen LogP contribution in [0.2, 0.25) is 0 Å². The second-order valence-electron chi connectivity index (χ2n) is 7.30. The molecule has 1 fully saturated rings. The number of thioether (sulfide) groups is 1. The van der Waals surface area contributed by atoms with Crippen molar-refractivity contribution in [3.8, 4) is 5.75 Å². The number of aliphatic imine (C=N–C) groups is 1. The summed E-state index contributed by atoms with van der Waals surface area (Å²) in [7, 11) is 0. The van der Waals surface area contributed by atoms with Gasteiger partial charge in [-0.15, -0.1) is 0 Å². The van der Waals surface area contributed by atoms with Crippen LogP contribution >= 0.6 is 56.9 Å². The lowest BCUT2D eigenvalue weighted by Gasteiger charge is -2.13. The van der Waals surface area contributed by atoms with E-state index in [-0.39, 0.29) is 12.3 Å². The molecule has 3 aromatic rings. The molecule has 1 aliphatic rings. The standard InChI is InChI=1S/C25H18I2N2O4S/c26-18-11-17(23(20(27)13-18)33-14-16-4-2-1-3-5-16)12-21-24(32)29-25(34-21)28-19-8-6-15(7-9-19)10-22(30)31/h1-9,11-13H,10,14H2,(H,30,31)(H,28,29,32). The molecule has 0 spiro atoms. The van der Waals surface area contributed by atoms with Gasteiger partial charge in [-0.25, -0.2) is 4.99 Å². The van der Waals surface area contributed by atoms with E-state index < -0.39 is 5.97 Å². The largest absolute Gasteiger partial charge is 0.487 e. The van der Waals surface area contributed by atoms with Crippen molar-refractivity contribution < 1.29 is 19.4 Å². The fourth-order valence-corrected chi connectivity index (χ4v) is 6.05. The Kier molecular flexibility index (Phi) is 8.27. The van der Waals surface area contributed by atoms with E-state index in [0.717, 1.165) is 24.0 Å². The number of benzene rings is 3. The van der Waals surface area contributed by atoms with Gasteiger partial charge in [-0.2, -0.15) is 0 Å². The van der Waals surface area contributed by atoms with Crippen LogP contribution in [0.15, 0.2) is 76.6 Å². The monoisotopic (exact) mass is 696 g/mol. The van der Waals surface area contributed by atoms with Crippen LogP contribution in [0, 0.1) is 7.14 Å². The molecule has 1 aliphatic heterocycles. The van der Waals surface area contributed by atoms with E-state index in [4.69, 9.17) is 9.84 Å². The van der Waals surface area contributed by atoms with Crippen molar-refractivity contribution in [2.24, 2.45) is 4.99 Å². The molecule has 1 amide bonds. The zero-order chi connectivity index (χ0) is 24.1. The van der Waals surface area contributed by atoms with E-state index >= 15 is 0 Å². The van der Waals surface area contributed by atoms with Crippen LogP contribution in [-0.2, 0) is 22.6 Å². The van der Waals surface area contributed by atoms with Gasteiger partial charge in [0.2, 0.25) is 0 Å². The van der Waals surface area contributed by atoms with Crippen molar-refractivity contribution in [2.45, 2.75) is 13.0 Å². The number of hydrogen-bond donors (Lipinski definition) is 2. The minimum absolute atomic E-state index is 0.0431. The Labute approximate surface area is 228 Å². The van der Waals surface area contributed by atoms with Gasteiger partial charge >= 0.3 is 5.97 Å². The summed E-state index contributed by atoms with van der Waals surface area (Å²) in [4.78, 5) is 28.5. The predicted octanol–water partition coefficient (Wildman–Crippen LogP) is 5.99. The maximum Gasteiger partial charge on any atom is 0.307 e. The summed E-state index contributed by atoms with van der Waals surface area (Å²) < 4.78 is 8.15. The van der Waals surface area contributed by atoms with Crippen LogP contribution < -0.4 is 10.1 Å². The number of carboxylic acids is 1. The molecule has 0 saturated carbocycles. The van der Waals surface area contributed by atoms with Gasteiger partial charge in [0.1, 0.15) is 12.4 Å². The molecule has 9 heteroatoms. The van der Waals surface area contributed by atoms with Gasteiger partial charge in [-0.1, -0.05) is 42.5 Å². The van der Waals surface area contributed by atoms with Crippen LogP contribution in [0.5, 0.6) is 5.75 Å². The molecule has 1 heterocycles. The second-order valence-corrected chi connectivity index (χ2v) is 10.7. The van der Waals surface area contributed by atoms with Gasteiger partial charge in [0.25, 0.3) is 5.91 Å². The smallest absolute Gasteiger partial charge is 0.307 e. The van der Waals surface area contributed by atoms with Crippen molar-refractivity contribution >= 4 is 85.8 Å². The number of halogens is 2. The van der Waals surface area contributed by atoms with E-state index in [1.165, 1.54) is 11.8 Å². The molecule has 6 nitrogen and oxygen atoms in total. The number of nitrogens with one attached hydrogen (secondary N) is 1. The molecule has 34 heavy (non-hydrogen) atoms. The topological polar surface area (TPSA) is 88.0 Å². The van der Waals surface area contributed by atoms with Gasteiger partial charge in [0.15, 0.2) is 5.17 Å². The lowest BCUT2D eigenvalue weighted by atomic mass is 10.1. The van der Waals surface area contributed by atoms with Crippen LogP contribution in [-0.4, -0.2) is 22.2 Å². The van der Waals surface area contributed by atoms with Crippen molar-refractivity contribution in [2.75, 3.05) is 0 Å². The van der Waals surface area contributed by atoms with Gasteiger partial charge < -0.3 is 15.2 Å². The molecule has 3 aromatic carbocycles. The van der Waals surface area contributed by atoms with E-state index in [2.05, 4.69) is 55.5 Å². The Morgan fingerprint density at radius 2 is 1.79 bits per heavy atom. The van der Waals surface area contributed by atoms with E-state index in [9.17, 15) is 9.59 Å². The highest BCUT2D eigenvalue weighted by Gasteiger charge is 2.25. The molecule has 0 bridgehead atoms. The number of ether oxygens (including phenoxy) is 1. The predicted molar refractivity (Wildman–Crippen MR) is 151 cm³/mol. The molecular weight excluding hydrogens is 678 g/mol. The average molecular weight is 696 g/mol. The quantitative estimate of drug-likeness (QED) is 0.234. The first-order chi connectivity index (χ1) is 16.4. The highest BCUT2D eigenvalue weighted by molar-refractivity contribution is 14.1. The van der Waals surface area contributed by atoms with E-state index in [1.54, 1.807) is 24.3 Å². The minimum atomic E-state index is -0.884. The zero-order valence-corrected chi connectivity index (χ0v) is 22.8. The van der Waals surface area contributed by atoms with Crippen LogP contribution in [0.4, 0.5) is 5.69 Å². The normalized spacial score (nSPS) is 15.5. The Bertz CT molecular complexity index is 1290. The summed E-state index contributed by atoms with van der Waals surface area (Å²) in [5, 5.41) is 12.2. The minimum Gasteiger partial charge on any atom is -0.487 e. The van der Waals surface area contributed by atoms with E-state index in [0.29, 0.717) is 27.9 Å². The van der Waals surface area contributed by atoms with Crippen LogP contribution in [0.1, 0.15) is 16.7 Å². The molecule has 172 valence electrons. The first-order valence-electron chi connectivity index (χ1n) is 10.1. The number of amides is 1. The Hall–Kier alpha value is -2.38. The fourth-order valence-electron chi connectivity index (χ4n) is 3.17. The Balaban J connectivity index is 1.55. The third kappa shape index (κ3) is 6.60. The fraction of sp³-hybridized carbons (Fsp3) is 0.0800. The summed E-state index contributed by atoms with van der Waals surface area (Å²) >= 11 is 5.75. The third-order valence-corrected chi connectivity index (χ3v) is 7.06. The molecule has 4 rings (SSSR count). The summed E-state index contributed by atoms with van der Waals surface area (Å²) in [6, 6.07) is 20.9.